The van der Waals surface area contributed by atoms with E-state index in [9.17, 15) is 4.21 Å². The summed E-state index contributed by atoms with van der Waals surface area (Å²) in [7, 11) is 0.904. The normalized spacial score (nSPS) is 18.1. The number of nitrogens with zero attached hydrogens (tertiary/aromatic N) is 4. The lowest BCUT2D eigenvalue weighted by Crippen LogP contribution is -2.26. The van der Waals surface area contributed by atoms with Crippen LogP contribution in [0.4, 0.5) is 5.69 Å². The molecule has 1 aliphatic carbocycles. The first-order valence-electron chi connectivity index (χ1n) is 9.63. The SMILES string of the molecule is Cc1ncc(-c2cc(C3=CCNN3C)c3c(N)c(S(=O)C4CCC4)sc3n2)cn1. The second-order valence-corrected chi connectivity index (χ2v) is 10.3. The second kappa shape index (κ2) is 7.16. The number of nitrogen functional groups attached to an aromatic ring is 1. The van der Waals surface area contributed by atoms with Crippen molar-refractivity contribution < 1.29 is 4.21 Å². The molecule has 150 valence electrons. The maximum Gasteiger partial charge on any atom is 0.127 e. The molecule has 0 aromatic carbocycles. The van der Waals surface area contributed by atoms with Crippen molar-refractivity contribution in [2.24, 2.45) is 0 Å². The van der Waals surface area contributed by atoms with Crippen molar-refractivity contribution in [2.45, 2.75) is 35.6 Å². The Morgan fingerprint density at radius 1 is 1.31 bits per heavy atom. The highest BCUT2D eigenvalue weighted by atomic mass is 32.2. The van der Waals surface area contributed by atoms with Crippen molar-refractivity contribution in [1.82, 2.24) is 25.4 Å². The first-order valence-corrected chi connectivity index (χ1v) is 11.7. The molecule has 29 heavy (non-hydrogen) atoms. The maximum atomic E-state index is 13.1. The minimum absolute atomic E-state index is 0.216. The van der Waals surface area contributed by atoms with Gasteiger partial charge in [0, 0.05) is 47.7 Å². The standard InChI is InChI=1S/C20H22N6OS2/c1-11-22-9-12(10-23-11)15-8-14(16-6-7-24-26(16)2)17-18(21)20(28-19(17)25-15)29(27)13-4-3-5-13/h6,8-10,13,24H,3-5,7,21H2,1-2H3. The van der Waals surface area contributed by atoms with Crippen LogP contribution < -0.4 is 11.2 Å². The molecule has 1 atom stereocenters. The predicted octanol–water partition coefficient (Wildman–Crippen LogP) is 3.09. The van der Waals surface area contributed by atoms with E-state index in [1.54, 1.807) is 12.4 Å². The molecule has 0 amide bonds. The molecule has 4 heterocycles. The van der Waals surface area contributed by atoms with Gasteiger partial charge in [0.25, 0.3) is 0 Å². The highest BCUT2D eigenvalue weighted by Crippen LogP contribution is 2.43. The summed E-state index contributed by atoms with van der Waals surface area (Å²) >= 11 is 1.45. The van der Waals surface area contributed by atoms with E-state index in [1.165, 1.54) is 11.3 Å². The van der Waals surface area contributed by atoms with E-state index in [1.807, 2.05) is 25.0 Å². The van der Waals surface area contributed by atoms with E-state index in [-0.39, 0.29) is 5.25 Å². The zero-order valence-corrected chi connectivity index (χ0v) is 17.9. The Morgan fingerprint density at radius 3 is 2.69 bits per heavy atom. The topological polar surface area (TPSA) is 97.0 Å². The summed E-state index contributed by atoms with van der Waals surface area (Å²) < 4.78 is 13.8. The van der Waals surface area contributed by atoms with Gasteiger partial charge in [-0.1, -0.05) is 6.42 Å². The molecule has 3 N–H and O–H groups in total. The Bertz CT molecular complexity index is 1150. The fourth-order valence-corrected chi connectivity index (χ4v) is 6.86. The van der Waals surface area contributed by atoms with Gasteiger partial charge >= 0.3 is 0 Å². The maximum absolute atomic E-state index is 13.1. The van der Waals surface area contributed by atoms with Crippen molar-refractivity contribution in [3.8, 4) is 11.3 Å². The number of hydrogen-bond donors (Lipinski definition) is 2. The summed E-state index contributed by atoms with van der Waals surface area (Å²) in [5, 5.41) is 3.09. The van der Waals surface area contributed by atoms with E-state index < -0.39 is 10.8 Å². The van der Waals surface area contributed by atoms with Crippen molar-refractivity contribution in [3.63, 3.8) is 0 Å². The van der Waals surface area contributed by atoms with Crippen molar-refractivity contribution in [1.29, 1.82) is 0 Å². The van der Waals surface area contributed by atoms with Gasteiger partial charge in [0.1, 0.15) is 14.9 Å². The van der Waals surface area contributed by atoms with Crippen LogP contribution in [0.1, 0.15) is 30.7 Å². The fraction of sp³-hybridized carbons (Fsp3) is 0.350. The van der Waals surface area contributed by atoms with Gasteiger partial charge in [0.05, 0.1) is 27.9 Å². The molecule has 5 rings (SSSR count). The zero-order chi connectivity index (χ0) is 20.1. The van der Waals surface area contributed by atoms with Crippen molar-refractivity contribution in [2.75, 3.05) is 19.3 Å². The van der Waals surface area contributed by atoms with Crippen LogP contribution in [0.25, 0.3) is 27.2 Å². The van der Waals surface area contributed by atoms with Crippen LogP contribution in [0.2, 0.25) is 0 Å². The van der Waals surface area contributed by atoms with Crippen molar-refractivity contribution >= 4 is 43.7 Å². The minimum atomic E-state index is -1.08. The molecular weight excluding hydrogens is 404 g/mol. The average molecular weight is 427 g/mol. The molecule has 0 bridgehead atoms. The predicted molar refractivity (Wildman–Crippen MR) is 118 cm³/mol. The minimum Gasteiger partial charge on any atom is -0.396 e. The summed E-state index contributed by atoms with van der Waals surface area (Å²) in [6, 6.07) is 2.03. The molecule has 3 aromatic rings. The zero-order valence-electron chi connectivity index (χ0n) is 16.3. The third kappa shape index (κ3) is 3.13. The lowest BCUT2D eigenvalue weighted by atomic mass is 10.0. The first-order chi connectivity index (χ1) is 14.0. The molecule has 0 radical (unpaired) electrons. The van der Waals surface area contributed by atoms with E-state index in [0.717, 1.165) is 68.6 Å². The average Bonchev–Trinajstić information content (AvgIpc) is 3.23. The Morgan fingerprint density at radius 2 is 2.07 bits per heavy atom. The van der Waals surface area contributed by atoms with Gasteiger partial charge in [-0.2, -0.15) is 0 Å². The van der Waals surface area contributed by atoms with Crippen LogP contribution in [0.3, 0.4) is 0 Å². The summed E-state index contributed by atoms with van der Waals surface area (Å²) in [6.45, 7) is 2.61. The van der Waals surface area contributed by atoms with Crippen LogP contribution in [0, 0.1) is 6.92 Å². The number of hydrogen-bond acceptors (Lipinski definition) is 8. The van der Waals surface area contributed by atoms with Crippen LogP contribution in [0.5, 0.6) is 0 Å². The molecule has 2 aliphatic rings. The van der Waals surface area contributed by atoms with Gasteiger partial charge in [-0.05, 0) is 31.9 Å². The quantitative estimate of drug-likeness (QED) is 0.662. The number of thiophene rings is 1. The molecule has 1 saturated carbocycles. The Labute approximate surface area is 175 Å². The third-order valence-corrected chi connectivity index (χ3v) is 8.84. The van der Waals surface area contributed by atoms with E-state index in [0.29, 0.717) is 5.69 Å². The van der Waals surface area contributed by atoms with E-state index in [2.05, 4.69) is 21.5 Å². The fourth-order valence-electron chi connectivity index (χ4n) is 3.65. The second-order valence-electron chi connectivity index (χ2n) is 7.42. The van der Waals surface area contributed by atoms with Gasteiger partial charge in [-0.3, -0.25) is 4.21 Å². The molecule has 0 spiro atoms. The number of hydrazine groups is 1. The summed E-state index contributed by atoms with van der Waals surface area (Å²) in [5.74, 6) is 0.719. The molecule has 1 aliphatic heterocycles. The van der Waals surface area contributed by atoms with E-state index in [4.69, 9.17) is 10.7 Å². The number of aryl methyl sites for hydroxylation is 1. The van der Waals surface area contributed by atoms with Crippen LogP contribution >= 0.6 is 11.3 Å². The number of nitrogens with two attached hydrogens (primary N) is 1. The van der Waals surface area contributed by atoms with Gasteiger partial charge in [-0.25, -0.2) is 20.4 Å². The number of anilines is 1. The van der Waals surface area contributed by atoms with Crippen LogP contribution in [0.15, 0.2) is 28.7 Å². The number of pyridine rings is 1. The molecular formula is C20H22N6OS2. The monoisotopic (exact) mass is 426 g/mol. The molecule has 9 heteroatoms. The Hall–Kier alpha value is -2.36. The number of fused-ring (bicyclic) bond motifs is 1. The molecule has 1 unspecified atom stereocenters. The molecule has 1 fully saturated rings. The Kier molecular flexibility index (Phi) is 4.60. The van der Waals surface area contributed by atoms with Crippen LogP contribution in [-0.4, -0.2) is 43.0 Å². The number of nitrogens with one attached hydrogen (secondary N) is 1. The molecule has 3 aromatic heterocycles. The number of aromatic nitrogens is 3. The highest BCUT2D eigenvalue weighted by Gasteiger charge is 2.30. The third-order valence-electron chi connectivity index (χ3n) is 5.54. The Balaban J connectivity index is 1.72. The van der Waals surface area contributed by atoms with Gasteiger partial charge in [0.15, 0.2) is 0 Å². The first kappa shape index (κ1) is 18.7. The van der Waals surface area contributed by atoms with Gasteiger partial charge in [-0.15, -0.1) is 11.3 Å². The summed E-state index contributed by atoms with van der Waals surface area (Å²) in [4.78, 5) is 14.3. The molecule has 0 saturated heterocycles. The lowest BCUT2D eigenvalue weighted by Gasteiger charge is -2.23. The number of rotatable bonds is 4. The molecule has 7 nitrogen and oxygen atoms in total. The highest BCUT2D eigenvalue weighted by molar-refractivity contribution is 7.88. The summed E-state index contributed by atoms with van der Waals surface area (Å²) in [6.07, 6.45) is 8.86. The van der Waals surface area contributed by atoms with Crippen molar-refractivity contribution in [3.05, 3.63) is 35.9 Å². The summed E-state index contributed by atoms with van der Waals surface area (Å²) in [5.41, 5.74) is 14.1. The van der Waals surface area contributed by atoms with Gasteiger partial charge < -0.3 is 10.7 Å². The largest absolute Gasteiger partial charge is 0.396 e. The van der Waals surface area contributed by atoms with Gasteiger partial charge in [0.2, 0.25) is 0 Å². The smallest absolute Gasteiger partial charge is 0.127 e. The van der Waals surface area contributed by atoms with Crippen LogP contribution in [-0.2, 0) is 10.8 Å². The van der Waals surface area contributed by atoms with E-state index >= 15 is 0 Å². The lowest BCUT2D eigenvalue weighted by molar-refractivity contribution is 0.392.